The molecule has 0 saturated heterocycles. The van der Waals surface area contributed by atoms with E-state index in [-0.39, 0.29) is 5.56 Å². The second-order valence-corrected chi connectivity index (χ2v) is 3.83. The van der Waals surface area contributed by atoms with Gasteiger partial charge in [-0.1, -0.05) is 6.07 Å². The lowest BCUT2D eigenvalue weighted by Gasteiger charge is -1.97. The Labute approximate surface area is 102 Å². The first-order valence-corrected chi connectivity index (χ1v) is 5.38. The molecule has 5 heteroatoms. The lowest BCUT2D eigenvalue weighted by molar-refractivity contribution is 0.0699. The predicted molar refractivity (Wildman–Crippen MR) is 65.8 cm³/mol. The van der Waals surface area contributed by atoms with Crippen molar-refractivity contribution in [2.75, 3.05) is 0 Å². The number of aromatic nitrogens is 3. The van der Waals surface area contributed by atoms with Gasteiger partial charge in [-0.3, -0.25) is 4.98 Å². The van der Waals surface area contributed by atoms with Crippen LogP contribution < -0.4 is 0 Å². The number of aromatic carboxylic acids is 1. The number of nitrogens with zero attached hydrogens (tertiary/aromatic N) is 3. The highest BCUT2D eigenvalue weighted by atomic mass is 16.4. The standard InChI is InChI=1S/C13H9N3O2/c17-13(18)10-4-1-5-12-11(10)8-16(15-12)9-3-2-6-14-7-9/h1-8H,(H,17,18). The maximum absolute atomic E-state index is 11.1. The van der Waals surface area contributed by atoms with Crippen LogP contribution in [-0.2, 0) is 0 Å². The van der Waals surface area contributed by atoms with Crippen LogP contribution in [-0.4, -0.2) is 25.8 Å². The Balaban J connectivity index is 2.23. The summed E-state index contributed by atoms with van der Waals surface area (Å²) >= 11 is 0. The Bertz CT molecular complexity index is 719. The number of rotatable bonds is 2. The van der Waals surface area contributed by atoms with E-state index in [1.54, 1.807) is 47.5 Å². The number of hydrogen-bond donors (Lipinski definition) is 1. The summed E-state index contributed by atoms with van der Waals surface area (Å²) in [5.74, 6) is -0.952. The van der Waals surface area contributed by atoms with Gasteiger partial charge in [0, 0.05) is 17.8 Å². The van der Waals surface area contributed by atoms with Crippen LogP contribution in [0.15, 0.2) is 48.9 Å². The van der Waals surface area contributed by atoms with E-state index in [0.29, 0.717) is 10.9 Å². The summed E-state index contributed by atoms with van der Waals surface area (Å²) in [6.45, 7) is 0. The monoisotopic (exact) mass is 239 g/mol. The van der Waals surface area contributed by atoms with Crippen LogP contribution in [0.3, 0.4) is 0 Å². The molecule has 5 nitrogen and oxygen atoms in total. The quantitative estimate of drug-likeness (QED) is 0.743. The second kappa shape index (κ2) is 3.96. The molecule has 0 aliphatic rings. The maximum atomic E-state index is 11.1. The third-order valence-corrected chi connectivity index (χ3v) is 2.69. The van der Waals surface area contributed by atoms with Gasteiger partial charge in [0.05, 0.1) is 23.0 Å². The van der Waals surface area contributed by atoms with Crippen LogP contribution >= 0.6 is 0 Å². The highest BCUT2D eigenvalue weighted by Crippen LogP contribution is 2.19. The van der Waals surface area contributed by atoms with E-state index in [1.807, 2.05) is 6.07 Å². The third-order valence-electron chi connectivity index (χ3n) is 2.69. The number of carboxylic acids is 1. The van der Waals surface area contributed by atoms with E-state index in [0.717, 1.165) is 5.69 Å². The normalized spacial score (nSPS) is 10.7. The summed E-state index contributed by atoms with van der Waals surface area (Å²) in [6.07, 6.45) is 5.05. The van der Waals surface area contributed by atoms with Gasteiger partial charge in [-0.2, -0.15) is 5.10 Å². The average molecular weight is 239 g/mol. The van der Waals surface area contributed by atoms with Crippen LogP contribution in [0.2, 0.25) is 0 Å². The third kappa shape index (κ3) is 1.62. The molecular formula is C13H9N3O2. The zero-order valence-corrected chi connectivity index (χ0v) is 9.32. The Morgan fingerprint density at radius 3 is 2.83 bits per heavy atom. The average Bonchev–Trinajstić information content (AvgIpc) is 2.83. The largest absolute Gasteiger partial charge is 0.478 e. The minimum atomic E-state index is -0.952. The molecule has 0 amide bonds. The molecule has 3 aromatic rings. The van der Waals surface area contributed by atoms with Gasteiger partial charge in [-0.15, -0.1) is 0 Å². The summed E-state index contributed by atoms with van der Waals surface area (Å²) in [6, 6.07) is 8.71. The molecule has 1 N–H and O–H groups in total. The number of hydrogen-bond acceptors (Lipinski definition) is 3. The fourth-order valence-electron chi connectivity index (χ4n) is 1.85. The first-order valence-electron chi connectivity index (χ1n) is 5.38. The molecule has 1 aromatic carbocycles. The zero-order chi connectivity index (χ0) is 12.5. The van der Waals surface area contributed by atoms with Crippen molar-refractivity contribution in [3.05, 3.63) is 54.5 Å². The molecule has 3 rings (SSSR count). The number of pyridine rings is 1. The van der Waals surface area contributed by atoms with Gasteiger partial charge in [0.25, 0.3) is 0 Å². The Kier molecular flexibility index (Phi) is 2.30. The maximum Gasteiger partial charge on any atom is 0.336 e. The Morgan fingerprint density at radius 1 is 1.22 bits per heavy atom. The number of carboxylic acid groups (broad SMARTS) is 1. The van der Waals surface area contributed by atoms with E-state index >= 15 is 0 Å². The van der Waals surface area contributed by atoms with Gasteiger partial charge in [-0.05, 0) is 24.3 Å². The first-order chi connectivity index (χ1) is 8.75. The SMILES string of the molecule is O=C(O)c1cccc2nn(-c3cccnc3)cc12. The predicted octanol–water partition coefficient (Wildman–Crippen LogP) is 2.12. The molecule has 0 atom stereocenters. The van der Waals surface area contributed by atoms with Crippen molar-refractivity contribution in [3.63, 3.8) is 0 Å². The van der Waals surface area contributed by atoms with E-state index in [2.05, 4.69) is 10.1 Å². The Hall–Kier alpha value is -2.69. The van der Waals surface area contributed by atoms with Gasteiger partial charge in [0.1, 0.15) is 0 Å². The highest BCUT2D eigenvalue weighted by Gasteiger charge is 2.11. The summed E-state index contributed by atoms with van der Waals surface area (Å²) < 4.78 is 1.63. The van der Waals surface area contributed by atoms with Crippen molar-refractivity contribution in [1.82, 2.24) is 14.8 Å². The van der Waals surface area contributed by atoms with Crippen molar-refractivity contribution < 1.29 is 9.90 Å². The molecule has 18 heavy (non-hydrogen) atoms. The van der Waals surface area contributed by atoms with Gasteiger partial charge in [-0.25, -0.2) is 9.48 Å². The molecular weight excluding hydrogens is 230 g/mol. The molecule has 0 spiro atoms. The lowest BCUT2D eigenvalue weighted by atomic mass is 10.1. The van der Waals surface area contributed by atoms with Gasteiger partial charge < -0.3 is 5.11 Å². The number of fused-ring (bicyclic) bond motifs is 1. The zero-order valence-electron chi connectivity index (χ0n) is 9.32. The number of benzene rings is 1. The Morgan fingerprint density at radius 2 is 2.11 bits per heavy atom. The summed E-state index contributed by atoms with van der Waals surface area (Å²) in [5, 5.41) is 14.1. The van der Waals surface area contributed by atoms with Crippen molar-refractivity contribution in [1.29, 1.82) is 0 Å². The van der Waals surface area contributed by atoms with Crippen LogP contribution in [0.4, 0.5) is 0 Å². The smallest absolute Gasteiger partial charge is 0.336 e. The topological polar surface area (TPSA) is 68.0 Å². The van der Waals surface area contributed by atoms with E-state index < -0.39 is 5.97 Å². The van der Waals surface area contributed by atoms with Gasteiger partial charge >= 0.3 is 5.97 Å². The fourth-order valence-corrected chi connectivity index (χ4v) is 1.85. The molecule has 0 fully saturated rings. The lowest BCUT2D eigenvalue weighted by Crippen LogP contribution is -1.95. The summed E-state index contributed by atoms with van der Waals surface area (Å²) in [7, 11) is 0. The van der Waals surface area contributed by atoms with Crippen molar-refractivity contribution in [3.8, 4) is 5.69 Å². The van der Waals surface area contributed by atoms with Crippen LogP contribution in [0.1, 0.15) is 10.4 Å². The highest BCUT2D eigenvalue weighted by molar-refractivity contribution is 6.02. The molecule has 2 aromatic heterocycles. The molecule has 2 heterocycles. The van der Waals surface area contributed by atoms with E-state index in [1.165, 1.54) is 0 Å². The molecule has 0 aliphatic carbocycles. The van der Waals surface area contributed by atoms with Crippen molar-refractivity contribution in [2.24, 2.45) is 0 Å². The van der Waals surface area contributed by atoms with Gasteiger partial charge in [0.15, 0.2) is 0 Å². The summed E-state index contributed by atoms with van der Waals surface area (Å²) in [4.78, 5) is 15.1. The van der Waals surface area contributed by atoms with E-state index in [9.17, 15) is 4.79 Å². The fraction of sp³-hybridized carbons (Fsp3) is 0. The van der Waals surface area contributed by atoms with Crippen molar-refractivity contribution >= 4 is 16.9 Å². The van der Waals surface area contributed by atoms with Crippen LogP contribution in [0, 0.1) is 0 Å². The van der Waals surface area contributed by atoms with Crippen LogP contribution in [0.25, 0.3) is 16.6 Å². The summed E-state index contributed by atoms with van der Waals surface area (Å²) in [5.41, 5.74) is 1.70. The van der Waals surface area contributed by atoms with Crippen molar-refractivity contribution in [2.45, 2.75) is 0 Å². The molecule has 0 radical (unpaired) electrons. The van der Waals surface area contributed by atoms with Gasteiger partial charge in [0.2, 0.25) is 0 Å². The second-order valence-electron chi connectivity index (χ2n) is 3.83. The van der Waals surface area contributed by atoms with E-state index in [4.69, 9.17) is 5.11 Å². The molecule has 0 bridgehead atoms. The molecule has 0 unspecified atom stereocenters. The minimum Gasteiger partial charge on any atom is -0.478 e. The van der Waals surface area contributed by atoms with Crippen LogP contribution in [0.5, 0.6) is 0 Å². The molecule has 0 aliphatic heterocycles. The molecule has 0 saturated carbocycles. The molecule has 88 valence electrons. The first kappa shape index (κ1) is 10.5. The number of carbonyl (C=O) groups is 1. The minimum absolute atomic E-state index is 0.252.